The fourth-order valence-corrected chi connectivity index (χ4v) is 3.59. The van der Waals surface area contributed by atoms with Crippen molar-refractivity contribution < 1.29 is 9.32 Å². The number of benzene rings is 1. The normalized spacial score (nSPS) is 16.0. The highest BCUT2D eigenvalue weighted by atomic mass is 35.5. The predicted molar refractivity (Wildman–Crippen MR) is 100 cm³/mol. The molecule has 1 aromatic carbocycles. The number of carbonyl (C=O) groups excluding carboxylic acids is 1. The summed E-state index contributed by atoms with van der Waals surface area (Å²) in [5.41, 5.74) is 0.868. The van der Waals surface area contributed by atoms with Gasteiger partial charge in [0.25, 0.3) is 0 Å². The number of carbonyl (C=O) groups is 1. The van der Waals surface area contributed by atoms with Gasteiger partial charge in [-0.3, -0.25) is 4.79 Å². The maximum Gasteiger partial charge on any atom is 0.227 e. The minimum atomic E-state index is 0.105. The van der Waals surface area contributed by atoms with Gasteiger partial charge in [-0.05, 0) is 44.6 Å². The first-order valence-electron chi connectivity index (χ1n) is 9.03. The average molecular weight is 377 g/mol. The topological polar surface area (TPSA) is 62.5 Å². The zero-order chi connectivity index (χ0) is 18.5. The lowest BCUT2D eigenvalue weighted by molar-refractivity contribution is -0.133. The second-order valence-corrected chi connectivity index (χ2v) is 7.28. The number of hydrogen-bond donors (Lipinski definition) is 0. The third-order valence-electron chi connectivity index (χ3n) is 4.89. The van der Waals surface area contributed by atoms with Crippen molar-refractivity contribution in [1.82, 2.24) is 19.9 Å². The van der Waals surface area contributed by atoms with Crippen LogP contribution < -0.4 is 0 Å². The van der Waals surface area contributed by atoms with Gasteiger partial charge in [-0.25, -0.2) is 0 Å². The molecule has 1 aliphatic rings. The summed E-state index contributed by atoms with van der Waals surface area (Å²) in [6, 6.07) is 7.77. The van der Waals surface area contributed by atoms with Crippen molar-refractivity contribution in [3.8, 4) is 0 Å². The average Bonchev–Trinajstić information content (AvgIpc) is 3.04. The summed E-state index contributed by atoms with van der Waals surface area (Å²) >= 11 is 6.24. The van der Waals surface area contributed by atoms with Crippen molar-refractivity contribution in [2.24, 2.45) is 0 Å². The van der Waals surface area contributed by atoms with E-state index < -0.39 is 0 Å². The molecule has 0 aliphatic carbocycles. The quantitative estimate of drug-likeness (QED) is 0.775. The molecule has 2 aromatic rings. The Balaban J connectivity index is 1.70. The molecule has 7 heteroatoms. The molecule has 2 heterocycles. The molecule has 140 valence electrons. The fourth-order valence-electron chi connectivity index (χ4n) is 3.39. The zero-order valence-electron chi connectivity index (χ0n) is 15.3. The number of hydrogen-bond acceptors (Lipinski definition) is 5. The van der Waals surface area contributed by atoms with Crippen LogP contribution in [0.15, 0.2) is 28.8 Å². The highest BCUT2D eigenvalue weighted by Crippen LogP contribution is 2.20. The van der Waals surface area contributed by atoms with Crippen LogP contribution in [0.25, 0.3) is 0 Å². The lowest BCUT2D eigenvalue weighted by Gasteiger charge is -2.37. The molecule has 0 bridgehead atoms. The van der Waals surface area contributed by atoms with E-state index in [9.17, 15) is 4.79 Å². The van der Waals surface area contributed by atoms with Crippen molar-refractivity contribution in [3.63, 3.8) is 0 Å². The van der Waals surface area contributed by atoms with E-state index >= 15 is 0 Å². The highest BCUT2D eigenvalue weighted by molar-refractivity contribution is 6.31. The predicted octanol–water partition coefficient (Wildman–Crippen LogP) is 2.74. The lowest BCUT2D eigenvalue weighted by atomic mass is 10.0. The number of aromatic nitrogens is 2. The summed E-state index contributed by atoms with van der Waals surface area (Å²) in [5, 5.41) is 4.59. The zero-order valence-corrected chi connectivity index (χ0v) is 16.1. The molecule has 3 rings (SSSR count). The Morgan fingerprint density at radius 3 is 2.73 bits per heavy atom. The molecule has 0 unspecified atom stereocenters. The smallest absolute Gasteiger partial charge is 0.227 e. The van der Waals surface area contributed by atoms with Gasteiger partial charge >= 0.3 is 0 Å². The summed E-state index contributed by atoms with van der Waals surface area (Å²) in [6.45, 7) is 4.37. The van der Waals surface area contributed by atoms with Gasteiger partial charge in [0.1, 0.15) is 0 Å². The van der Waals surface area contributed by atoms with Gasteiger partial charge in [-0.1, -0.05) is 35.0 Å². The lowest BCUT2D eigenvalue weighted by Crippen LogP contribution is -2.48. The molecule has 0 saturated carbocycles. The van der Waals surface area contributed by atoms with Crippen LogP contribution in [0.1, 0.15) is 30.1 Å². The minimum absolute atomic E-state index is 0.105. The summed E-state index contributed by atoms with van der Waals surface area (Å²) in [4.78, 5) is 21.6. The Morgan fingerprint density at radius 2 is 2.08 bits per heavy atom. The van der Waals surface area contributed by atoms with Crippen LogP contribution in [0.5, 0.6) is 0 Å². The molecule has 0 N–H and O–H groups in total. The fraction of sp³-hybridized carbons (Fsp3) is 0.526. The van der Waals surface area contributed by atoms with Crippen LogP contribution in [0.2, 0.25) is 5.02 Å². The second kappa shape index (κ2) is 8.64. The van der Waals surface area contributed by atoms with E-state index in [4.69, 9.17) is 16.1 Å². The Morgan fingerprint density at radius 1 is 1.35 bits per heavy atom. The highest BCUT2D eigenvalue weighted by Gasteiger charge is 2.27. The number of likely N-dealkylation sites (tertiary alicyclic amines) is 1. The van der Waals surface area contributed by atoms with Crippen LogP contribution in [-0.2, 0) is 17.6 Å². The van der Waals surface area contributed by atoms with Crippen LogP contribution in [0.4, 0.5) is 0 Å². The molecule has 1 fully saturated rings. The number of halogens is 1. The molecule has 1 amide bonds. The molecule has 0 radical (unpaired) electrons. The van der Waals surface area contributed by atoms with E-state index in [1.54, 1.807) is 6.92 Å². The largest absolute Gasteiger partial charge is 0.340 e. The van der Waals surface area contributed by atoms with Gasteiger partial charge in [0.2, 0.25) is 11.8 Å². The van der Waals surface area contributed by atoms with E-state index in [-0.39, 0.29) is 11.9 Å². The maximum atomic E-state index is 13.1. The van der Waals surface area contributed by atoms with E-state index in [1.807, 2.05) is 29.2 Å². The van der Waals surface area contributed by atoms with Crippen molar-refractivity contribution in [1.29, 1.82) is 0 Å². The molecule has 6 nitrogen and oxygen atoms in total. The number of amides is 1. The SMILES string of the molecule is Cc1nc(CCN(C(=O)Cc2ccccc2Cl)C2CCN(C)CC2)no1. The van der Waals surface area contributed by atoms with Crippen molar-refractivity contribution in [3.05, 3.63) is 46.6 Å². The van der Waals surface area contributed by atoms with Crippen LogP contribution in [-0.4, -0.2) is 58.6 Å². The van der Waals surface area contributed by atoms with Crippen LogP contribution in [0, 0.1) is 6.92 Å². The monoisotopic (exact) mass is 376 g/mol. The number of nitrogens with zero attached hydrogens (tertiary/aromatic N) is 4. The van der Waals surface area contributed by atoms with Gasteiger partial charge in [0.15, 0.2) is 5.82 Å². The van der Waals surface area contributed by atoms with E-state index in [0.717, 1.165) is 31.5 Å². The molecular weight excluding hydrogens is 352 g/mol. The summed E-state index contributed by atoms with van der Waals surface area (Å²) in [7, 11) is 2.12. The van der Waals surface area contributed by atoms with Gasteiger partial charge < -0.3 is 14.3 Å². The number of aryl methyl sites for hydroxylation is 1. The maximum absolute atomic E-state index is 13.1. The first-order valence-corrected chi connectivity index (χ1v) is 9.41. The Labute approximate surface area is 159 Å². The first kappa shape index (κ1) is 18.9. The third-order valence-corrected chi connectivity index (χ3v) is 5.26. The third kappa shape index (κ3) is 4.83. The van der Waals surface area contributed by atoms with Crippen molar-refractivity contribution >= 4 is 17.5 Å². The molecule has 1 saturated heterocycles. The summed E-state index contributed by atoms with van der Waals surface area (Å²) in [5.74, 6) is 1.30. The van der Waals surface area contributed by atoms with E-state index in [2.05, 4.69) is 22.1 Å². The standard InChI is InChI=1S/C19H25ClN4O2/c1-14-21-18(22-26-14)9-12-24(16-7-10-23(2)11-8-16)19(25)13-15-5-3-4-6-17(15)20/h3-6,16H,7-13H2,1-2H3. The van der Waals surface area contributed by atoms with E-state index in [0.29, 0.717) is 36.1 Å². The molecule has 1 aromatic heterocycles. The van der Waals surface area contributed by atoms with Gasteiger partial charge in [0.05, 0.1) is 6.42 Å². The van der Waals surface area contributed by atoms with Crippen molar-refractivity contribution in [2.75, 3.05) is 26.7 Å². The molecule has 0 spiro atoms. The van der Waals surface area contributed by atoms with Crippen LogP contribution in [0.3, 0.4) is 0 Å². The first-order chi connectivity index (χ1) is 12.5. The minimum Gasteiger partial charge on any atom is -0.340 e. The van der Waals surface area contributed by atoms with Crippen molar-refractivity contribution in [2.45, 2.75) is 38.6 Å². The van der Waals surface area contributed by atoms with Gasteiger partial charge in [-0.2, -0.15) is 4.98 Å². The molecular formula is C19H25ClN4O2. The van der Waals surface area contributed by atoms with Crippen LogP contribution >= 0.6 is 11.6 Å². The Bertz CT molecular complexity index is 741. The molecule has 0 atom stereocenters. The number of rotatable bonds is 6. The molecule has 26 heavy (non-hydrogen) atoms. The number of piperidine rings is 1. The molecule has 1 aliphatic heterocycles. The van der Waals surface area contributed by atoms with Gasteiger partial charge in [-0.15, -0.1) is 0 Å². The Kier molecular flexibility index (Phi) is 6.27. The van der Waals surface area contributed by atoms with E-state index in [1.165, 1.54) is 0 Å². The summed E-state index contributed by atoms with van der Waals surface area (Å²) in [6.07, 6.45) is 2.88. The Hall–Kier alpha value is -1.92. The summed E-state index contributed by atoms with van der Waals surface area (Å²) < 4.78 is 5.04. The van der Waals surface area contributed by atoms with Gasteiger partial charge in [0, 0.05) is 31.0 Å². The second-order valence-electron chi connectivity index (χ2n) is 6.87.